The molecule has 0 aliphatic rings. The molecule has 0 saturated carbocycles. The zero-order valence-electron chi connectivity index (χ0n) is 12.6. The van der Waals surface area contributed by atoms with Crippen molar-refractivity contribution in [1.82, 2.24) is 9.78 Å². The Morgan fingerprint density at radius 2 is 1.91 bits per heavy atom. The Labute approximate surface area is 134 Å². The summed E-state index contributed by atoms with van der Waals surface area (Å²) < 4.78 is 34.4. The van der Waals surface area contributed by atoms with Gasteiger partial charge in [-0.3, -0.25) is 9.40 Å². The van der Waals surface area contributed by atoms with Crippen molar-refractivity contribution in [2.75, 3.05) is 18.4 Å². The Kier molecular flexibility index (Phi) is 4.31. The third-order valence-corrected chi connectivity index (χ3v) is 4.86. The molecule has 120 valence electrons. The Morgan fingerprint density at radius 1 is 1.13 bits per heavy atom. The second-order valence-electron chi connectivity index (χ2n) is 5.04. The molecule has 3 rings (SSSR count). The maximum atomic E-state index is 12.7. The second-order valence-corrected chi connectivity index (χ2v) is 6.69. The van der Waals surface area contributed by atoms with Gasteiger partial charge in [-0.1, -0.05) is 36.4 Å². The van der Waals surface area contributed by atoms with E-state index in [4.69, 9.17) is 4.74 Å². The number of benzene rings is 2. The van der Waals surface area contributed by atoms with Gasteiger partial charge in [-0.15, -0.1) is 0 Å². The minimum atomic E-state index is -3.70. The van der Waals surface area contributed by atoms with Crippen molar-refractivity contribution in [2.24, 2.45) is 0 Å². The van der Waals surface area contributed by atoms with Gasteiger partial charge < -0.3 is 4.74 Å². The van der Waals surface area contributed by atoms with Crippen LogP contribution in [0, 0.1) is 0 Å². The summed E-state index contributed by atoms with van der Waals surface area (Å²) in [4.78, 5) is 0.238. The van der Waals surface area contributed by atoms with Crippen LogP contribution in [0.15, 0.2) is 59.6 Å². The molecule has 2 aromatic carbocycles. The lowest BCUT2D eigenvalue weighted by atomic mass is 10.1. The van der Waals surface area contributed by atoms with Crippen molar-refractivity contribution in [2.45, 2.75) is 11.4 Å². The van der Waals surface area contributed by atoms with Gasteiger partial charge in [0.05, 0.1) is 18.0 Å². The molecule has 0 bridgehead atoms. The smallest absolute Gasteiger partial charge is 0.263 e. The van der Waals surface area contributed by atoms with Crippen LogP contribution in [0.25, 0.3) is 10.8 Å². The molecule has 0 unspecified atom stereocenters. The average Bonchev–Trinajstić information content (AvgIpc) is 2.99. The number of hydrogen-bond acceptors (Lipinski definition) is 4. The minimum Gasteiger partial charge on any atom is -0.383 e. The van der Waals surface area contributed by atoms with Crippen molar-refractivity contribution in [3.63, 3.8) is 0 Å². The van der Waals surface area contributed by atoms with Crippen molar-refractivity contribution < 1.29 is 13.2 Å². The van der Waals surface area contributed by atoms with E-state index in [-0.39, 0.29) is 10.7 Å². The SMILES string of the molecule is COCCn1ccc(NS(=O)(=O)c2cccc3ccccc23)n1. The lowest BCUT2D eigenvalue weighted by molar-refractivity contribution is 0.183. The predicted molar refractivity (Wildman–Crippen MR) is 88.9 cm³/mol. The maximum absolute atomic E-state index is 12.7. The number of hydrogen-bond donors (Lipinski definition) is 1. The molecular weight excluding hydrogens is 314 g/mol. The Bertz CT molecular complexity index is 914. The molecule has 7 heteroatoms. The lowest BCUT2D eigenvalue weighted by Crippen LogP contribution is -2.14. The van der Waals surface area contributed by atoms with E-state index in [1.807, 2.05) is 24.3 Å². The van der Waals surface area contributed by atoms with Gasteiger partial charge in [-0.2, -0.15) is 5.10 Å². The molecule has 0 aliphatic heterocycles. The van der Waals surface area contributed by atoms with Gasteiger partial charge in [-0.25, -0.2) is 8.42 Å². The van der Waals surface area contributed by atoms with Gasteiger partial charge in [-0.05, 0) is 11.5 Å². The Hall–Kier alpha value is -2.38. The van der Waals surface area contributed by atoms with E-state index >= 15 is 0 Å². The number of methoxy groups -OCH3 is 1. The van der Waals surface area contributed by atoms with Crippen LogP contribution in [0.5, 0.6) is 0 Å². The summed E-state index contributed by atoms with van der Waals surface area (Å²) in [5.74, 6) is 0.286. The maximum Gasteiger partial charge on any atom is 0.263 e. The third kappa shape index (κ3) is 3.35. The summed E-state index contributed by atoms with van der Waals surface area (Å²) >= 11 is 0. The van der Waals surface area contributed by atoms with Crippen LogP contribution in [0.2, 0.25) is 0 Å². The summed E-state index contributed by atoms with van der Waals surface area (Å²) in [5.41, 5.74) is 0. The number of rotatable bonds is 6. The zero-order valence-corrected chi connectivity index (χ0v) is 13.5. The normalized spacial score (nSPS) is 11.7. The van der Waals surface area contributed by atoms with Crippen molar-refractivity contribution in [3.05, 3.63) is 54.7 Å². The van der Waals surface area contributed by atoms with E-state index in [0.717, 1.165) is 5.39 Å². The first-order chi connectivity index (χ1) is 11.1. The number of nitrogens with one attached hydrogen (secondary N) is 1. The molecule has 1 heterocycles. The van der Waals surface area contributed by atoms with E-state index in [9.17, 15) is 8.42 Å². The van der Waals surface area contributed by atoms with Gasteiger partial charge in [0.2, 0.25) is 0 Å². The van der Waals surface area contributed by atoms with Gasteiger partial charge in [0.15, 0.2) is 5.82 Å². The number of fused-ring (bicyclic) bond motifs is 1. The third-order valence-electron chi connectivity index (χ3n) is 3.44. The lowest BCUT2D eigenvalue weighted by Gasteiger charge is -2.08. The van der Waals surface area contributed by atoms with Crippen LogP contribution < -0.4 is 4.72 Å². The van der Waals surface area contributed by atoms with E-state index < -0.39 is 10.0 Å². The number of nitrogens with zero attached hydrogens (tertiary/aromatic N) is 2. The summed E-state index contributed by atoms with van der Waals surface area (Å²) in [6.45, 7) is 1.07. The molecule has 1 N–H and O–H groups in total. The molecule has 0 fully saturated rings. The molecule has 6 nitrogen and oxygen atoms in total. The summed E-state index contributed by atoms with van der Waals surface area (Å²) in [6, 6.07) is 14.2. The first kappa shape index (κ1) is 15.5. The fraction of sp³-hybridized carbons (Fsp3) is 0.188. The Balaban J connectivity index is 1.90. The van der Waals surface area contributed by atoms with E-state index in [1.165, 1.54) is 0 Å². The molecular formula is C16H17N3O3S. The molecule has 0 saturated heterocycles. The Morgan fingerprint density at radius 3 is 2.74 bits per heavy atom. The van der Waals surface area contributed by atoms with Crippen molar-refractivity contribution >= 4 is 26.6 Å². The number of aromatic nitrogens is 2. The number of sulfonamides is 1. The molecule has 0 atom stereocenters. The number of ether oxygens (including phenoxy) is 1. The van der Waals surface area contributed by atoms with Crippen LogP contribution >= 0.6 is 0 Å². The standard InChI is InChI=1S/C16H17N3O3S/c1-22-12-11-19-10-9-16(17-19)18-23(20,21)15-8-4-6-13-5-2-3-7-14(13)15/h2-10H,11-12H2,1H3,(H,17,18). The fourth-order valence-corrected chi connectivity index (χ4v) is 3.58. The second kappa shape index (κ2) is 6.39. The van der Waals surface area contributed by atoms with E-state index in [0.29, 0.717) is 18.5 Å². The van der Waals surface area contributed by atoms with Crippen LogP contribution in [-0.4, -0.2) is 31.9 Å². The quantitative estimate of drug-likeness (QED) is 0.753. The first-order valence-corrected chi connectivity index (χ1v) is 8.61. The topological polar surface area (TPSA) is 73.2 Å². The summed E-state index contributed by atoms with van der Waals surface area (Å²) in [7, 11) is -2.10. The average molecular weight is 331 g/mol. The first-order valence-electron chi connectivity index (χ1n) is 7.13. The van der Waals surface area contributed by atoms with Crippen LogP contribution in [-0.2, 0) is 21.3 Å². The zero-order chi connectivity index (χ0) is 16.3. The summed E-state index contributed by atoms with van der Waals surface area (Å²) in [6.07, 6.45) is 1.71. The van der Waals surface area contributed by atoms with Gasteiger partial charge in [0, 0.05) is 24.8 Å². The van der Waals surface area contributed by atoms with Gasteiger partial charge in [0.1, 0.15) is 0 Å². The molecule has 23 heavy (non-hydrogen) atoms. The molecule has 0 amide bonds. The fourth-order valence-electron chi connectivity index (χ4n) is 2.35. The van der Waals surface area contributed by atoms with Gasteiger partial charge in [0.25, 0.3) is 10.0 Å². The molecule has 0 spiro atoms. The minimum absolute atomic E-state index is 0.238. The van der Waals surface area contributed by atoms with Crippen molar-refractivity contribution in [1.29, 1.82) is 0 Å². The largest absolute Gasteiger partial charge is 0.383 e. The van der Waals surface area contributed by atoms with Crippen molar-refractivity contribution in [3.8, 4) is 0 Å². The number of anilines is 1. The highest BCUT2D eigenvalue weighted by atomic mass is 32.2. The predicted octanol–water partition coefficient (Wildman–Crippen LogP) is 2.48. The molecule has 0 aliphatic carbocycles. The highest BCUT2D eigenvalue weighted by Crippen LogP contribution is 2.24. The highest BCUT2D eigenvalue weighted by Gasteiger charge is 2.18. The van der Waals surface area contributed by atoms with E-state index in [2.05, 4.69) is 9.82 Å². The van der Waals surface area contributed by atoms with Crippen LogP contribution in [0.4, 0.5) is 5.82 Å². The van der Waals surface area contributed by atoms with Gasteiger partial charge >= 0.3 is 0 Å². The van der Waals surface area contributed by atoms with Crippen LogP contribution in [0.3, 0.4) is 0 Å². The summed E-state index contributed by atoms with van der Waals surface area (Å²) in [5, 5.41) is 5.74. The monoisotopic (exact) mass is 331 g/mol. The molecule has 3 aromatic rings. The highest BCUT2D eigenvalue weighted by molar-refractivity contribution is 7.93. The van der Waals surface area contributed by atoms with Crippen LogP contribution in [0.1, 0.15) is 0 Å². The molecule has 0 radical (unpaired) electrons. The van der Waals surface area contributed by atoms with E-state index in [1.54, 1.807) is 42.3 Å². The molecule has 1 aromatic heterocycles.